The van der Waals surface area contributed by atoms with Crippen LogP contribution in [0.4, 0.5) is 5.69 Å². The first-order valence-electron chi connectivity index (χ1n) is 10.5. The van der Waals surface area contributed by atoms with Crippen LogP contribution in [0.25, 0.3) is 0 Å². The second kappa shape index (κ2) is 8.72. The van der Waals surface area contributed by atoms with E-state index in [0.29, 0.717) is 27.9 Å². The predicted molar refractivity (Wildman–Crippen MR) is 130 cm³/mol. The largest absolute Gasteiger partial charge is 0.478 e. The molecule has 0 amide bonds. The number of carbonyl (C=O) groups is 2. The smallest absolute Gasteiger partial charge is 0.335 e. The van der Waals surface area contributed by atoms with Gasteiger partial charge in [-0.1, -0.05) is 48.0 Å². The first kappa shape index (κ1) is 23.1. The summed E-state index contributed by atoms with van der Waals surface area (Å²) in [6.07, 6.45) is 1.38. The summed E-state index contributed by atoms with van der Waals surface area (Å²) in [5, 5.41) is 12.2. The van der Waals surface area contributed by atoms with Crippen molar-refractivity contribution in [1.82, 2.24) is 0 Å². The third kappa shape index (κ3) is 4.40. The second-order valence-electron chi connectivity index (χ2n) is 8.12. The number of ketones is 1. The Hall–Kier alpha value is -4.04. The Kier molecular flexibility index (Phi) is 5.93. The van der Waals surface area contributed by atoms with Gasteiger partial charge in [0.1, 0.15) is 0 Å². The van der Waals surface area contributed by atoms with Crippen molar-refractivity contribution in [3.8, 4) is 0 Å². The molecule has 1 aliphatic carbocycles. The maximum absolute atomic E-state index is 13.3. The summed E-state index contributed by atoms with van der Waals surface area (Å²) in [6, 6.07) is 16.2. The quantitative estimate of drug-likeness (QED) is 0.555. The highest BCUT2D eigenvalue weighted by molar-refractivity contribution is 7.90. The van der Waals surface area contributed by atoms with Crippen LogP contribution in [0.1, 0.15) is 43.0 Å². The number of sulfonamides is 1. The molecule has 0 aliphatic heterocycles. The number of hydrogen-bond acceptors (Lipinski definition) is 5. The number of rotatable bonds is 5. The number of aromatic carboxylic acids is 1. The van der Waals surface area contributed by atoms with Crippen molar-refractivity contribution in [2.75, 3.05) is 5.32 Å². The molecule has 0 bridgehead atoms. The normalized spacial score (nSPS) is 14.5. The summed E-state index contributed by atoms with van der Waals surface area (Å²) in [4.78, 5) is 24.5. The van der Waals surface area contributed by atoms with Crippen molar-refractivity contribution in [3.63, 3.8) is 0 Å². The number of nitrogens with zero attached hydrogens (tertiary/aromatic N) is 1. The fourth-order valence-corrected chi connectivity index (χ4v) is 5.57. The second-order valence-corrected chi connectivity index (χ2v) is 9.66. The number of carbonyl (C=O) groups excluding carboxylic acids is 1. The number of carboxylic acids is 1. The van der Waals surface area contributed by atoms with Crippen LogP contribution in [0.5, 0.6) is 0 Å². The average Bonchev–Trinajstić information content (AvgIpc) is 2.76. The van der Waals surface area contributed by atoms with Gasteiger partial charge in [-0.15, -0.1) is 0 Å². The van der Waals surface area contributed by atoms with Crippen LogP contribution in [0.3, 0.4) is 0 Å². The molecular weight excluding hydrogens is 452 g/mol. The van der Waals surface area contributed by atoms with E-state index >= 15 is 0 Å². The van der Waals surface area contributed by atoms with Gasteiger partial charge < -0.3 is 10.4 Å². The molecule has 8 heteroatoms. The third-order valence-corrected chi connectivity index (χ3v) is 7.04. The van der Waals surface area contributed by atoms with E-state index in [0.717, 1.165) is 5.56 Å². The molecule has 0 radical (unpaired) electrons. The Balaban J connectivity index is 1.84. The Morgan fingerprint density at radius 2 is 1.56 bits per heavy atom. The number of nitrogens with one attached hydrogen (secondary N) is 1. The fraction of sp³-hybridized carbons (Fsp3) is 0.115. The van der Waals surface area contributed by atoms with Gasteiger partial charge in [-0.25, -0.2) is 4.79 Å². The van der Waals surface area contributed by atoms with Crippen LogP contribution in [0.2, 0.25) is 0 Å². The number of anilines is 1. The van der Waals surface area contributed by atoms with Gasteiger partial charge in [-0.3, -0.25) is 4.79 Å². The molecule has 3 aromatic carbocycles. The van der Waals surface area contributed by atoms with Crippen LogP contribution in [0.15, 0.2) is 81.7 Å². The summed E-state index contributed by atoms with van der Waals surface area (Å²) in [5.74, 6) is -1.45. The Bertz CT molecular complexity index is 1490. The summed E-state index contributed by atoms with van der Waals surface area (Å²) < 4.78 is 30.8. The van der Waals surface area contributed by atoms with Crippen molar-refractivity contribution < 1.29 is 23.1 Å². The van der Waals surface area contributed by atoms with Gasteiger partial charge in [0.05, 0.1) is 21.9 Å². The predicted octanol–water partition coefficient (Wildman–Crippen LogP) is 4.68. The molecule has 0 fully saturated rings. The molecule has 34 heavy (non-hydrogen) atoms. The first-order valence-corrected chi connectivity index (χ1v) is 11.9. The molecule has 1 aliphatic rings. The van der Waals surface area contributed by atoms with Crippen molar-refractivity contribution in [1.29, 1.82) is 0 Å². The highest BCUT2D eigenvalue weighted by Gasteiger charge is 2.27. The van der Waals surface area contributed by atoms with Gasteiger partial charge in [0.25, 0.3) is 10.0 Å². The number of carboxylic acid groups (broad SMARTS) is 1. The molecule has 0 atom stereocenters. The lowest BCUT2D eigenvalue weighted by Gasteiger charge is -2.19. The van der Waals surface area contributed by atoms with Crippen LogP contribution >= 0.6 is 0 Å². The van der Waals surface area contributed by atoms with Crippen molar-refractivity contribution in [3.05, 3.63) is 106 Å². The minimum Gasteiger partial charge on any atom is -0.478 e. The Morgan fingerprint density at radius 3 is 2.21 bits per heavy atom. The fourth-order valence-electron chi connectivity index (χ4n) is 4.13. The van der Waals surface area contributed by atoms with Crippen molar-refractivity contribution in [2.45, 2.75) is 25.7 Å². The zero-order valence-electron chi connectivity index (χ0n) is 18.8. The average molecular weight is 475 g/mol. The van der Waals surface area contributed by atoms with Crippen LogP contribution < -0.4 is 5.32 Å². The minimum absolute atomic E-state index is 0.0519. The highest BCUT2D eigenvalue weighted by Crippen LogP contribution is 2.28. The highest BCUT2D eigenvalue weighted by atomic mass is 32.2. The van der Waals surface area contributed by atoms with E-state index in [1.165, 1.54) is 18.2 Å². The molecule has 0 heterocycles. The summed E-state index contributed by atoms with van der Waals surface area (Å²) >= 11 is 0. The van der Waals surface area contributed by atoms with E-state index in [9.17, 15) is 23.1 Å². The molecular formula is C26H22N2O5S. The van der Waals surface area contributed by atoms with E-state index in [-0.39, 0.29) is 27.7 Å². The lowest BCUT2D eigenvalue weighted by atomic mass is 9.92. The summed E-state index contributed by atoms with van der Waals surface area (Å²) in [5.41, 5.74) is 3.48. The lowest BCUT2D eigenvalue weighted by Crippen LogP contribution is -2.23. The van der Waals surface area contributed by atoms with E-state index in [4.69, 9.17) is 0 Å². The van der Waals surface area contributed by atoms with Crippen LogP contribution in [-0.4, -0.2) is 31.0 Å². The van der Waals surface area contributed by atoms with Gasteiger partial charge in [-0.05, 0) is 56.2 Å². The third-order valence-electron chi connectivity index (χ3n) is 5.44. The zero-order valence-corrected chi connectivity index (χ0v) is 19.6. The number of allylic oxidation sites excluding steroid dienone is 2. The molecule has 0 saturated carbocycles. The molecule has 3 aromatic rings. The van der Waals surface area contributed by atoms with Gasteiger partial charge in [0, 0.05) is 16.8 Å². The molecule has 0 saturated heterocycles. The van der Waals surface area contributed by atoms with E-state index in [2.05, 4.69) is 9.71 Å². The molecule has 7 nitrogen and oxygen atoms in total. The summed E-state index contributed by atoms with van der Waals surface area (Å²) in [7, 11) is -4.09. The number of aryl methyl sites for hydroxylation is 3. The SMILES string of the molecule is Cc1cc(C)c(S(=O)(=O)N=C2C=C(Nc3cccc(C(=O)O)c3)C(=O)c3ccccc32)c(C)c1. The number of fused-ring (bicyclic) bond motifs is 1. The Labute approximate surface area is 197 Å². The van der Waals surface area contributed by atoms with Gasteiger partial charge >= 0.3 is 5.97 Å². The number of benzene rings is 3. The van der Waals surface area contributed by atoms with E-state index in [1.54, 1.807) is 62.4 Å². The maximum atomic E-state index is 13.3. The van der Waals surface area contributed by atoms with Gasteiger partial charge in [-0.2, -0.15) is 12.8 Å². The molecule has 4 rings (SSSR count). The van der Waals surface area contributed by atoms with E-state index < -0.39 is 16.0 Å². The zero-order chi connectivity index (χ0) is 24.6. The number of hydrogen-bond donors (Lipinski definition) is 2. The lowest BCUT2D eigenvalue weighted by molar-refractivity contribution is 0.0696. The topological polar surface area (TPSA) is 113 Å². The van der Waals surface area contributed by atoms with Crippen molar-refractivity contribution >= 4 is 33.2 Å². The minimum atomic E-state index is -4.09. The molecule has 172 valence electrons. The summed E-state index contributed by atoms with van der Waals surface area (Å²) in [6.45, 7) is 5.35. The van der Waals surface area contributed by atoms with Crippen LogP contribution in [0, 0.1) is 20.8 Å². The van der Waals surface area contributed by atoms with Crippen LogP contribution in [-0.2, 0) is 10.0 Å². The number of Topliss-reactive ketones (excluding diaryl/α,β-unsaturated/α-hetero) is 1. The molecule has 0 unspecified atom stereocenters. The van der Waals surface area contributed by atoms with Gasteiger partial charge in [0.2, 0.25) is 5.78 Å². The van der Waals surface area contributed by atoms with Crippen molar-refractivity contribution in [2.24, 2.45) is 4.40 Å². The molecule has 2 N–H and O–H groups in total. The van der Waals surface area contributed by atoms with Gasteiger partial charge in [0.15, 0.2) is 0 Å². The Morgan fingerprint density at radius 1 is 0.912 bits per heavy atom. The standard InChI is InChI=1S/C26H22N2O5S/c1-15-11-16(2)25(17(3)12-15)34(32,33)28-22-14-23(24(29)21-10-5-4-9-20(21)22)27-19-8-6-7-18(13-19)26(30)31/h4-14,27H,1-3H3,(H,30,31). The molecule has 0 spiro atoms. The first-order chi connectivity index (χ1) is 16.1. The van der Waals surface area contributed by atoms with E-state index in [1.807, 2.05) is 6.92 Å². The molecule has 0 aromatic heterocycles. The maximum Gasteiger partial charge on any atom is 0.335 e. The monoisotopic (exact) mass is 474 g/mol.